The van der Waals surface area contributed by atoms with Gasteiger partial charge in [0.1, 0.15) is 12.4 Å². The van der Waals surface area contributed by atoms with Crippen molar-refractivity contribution >= 4 is 5.91 Å². The molecule has 1 aliphatic rings. The Hall–Kier alpha value is -1.55. The average molecular weight is 235 g/mol. The Morgan fingerprint density at radius 1 is 1.47 bits per heavy atom. The van der Waals surface area contributed by atoms with Crippen molar-refractivity contribution in [3.63, 3.8) is 0 Å². The molecule has 1 atom stereocenters. The lowest BCUT2D eigenvalue weighted by atomic mass is 9.94. The normalized spacial score (nSPS) is 18.7. The van der Waals surface area contributed by atoms with Crippen LogP contribution in [0.3, 0.4) is 0 Å². The third kappa shape index (κ3) is 2.42. The number of benzene rings is 1. The van der Waals surface area contributed by atoms with E-state index >= 15 is 0 Å². The van der Waals surface area contributed by atoms with Gasteiger partial charge in [0.15, 0.2) is 0 Å². The van der Waals surface area contributed by atoms with Crippen molar-refractivity contribution in [3.8, 4) is 5.75 Å². The van der Waals surface area contributed by atoms with Crippen LogP contribution in [0.25, 0.3) is 0 Å². The molecule has 4 nitrogen and oxygen atoms in total. The summed E-state index contributed by atoms with van der Waals surface area (Å²) in [5, 5.41) is 0. The van der Waals surface area contributed by atoms with E-state index in [-0.39, 0.29) is 18.6 Å². The van der Waals surface area contributed by atoms with Crippen LogP contribution >= 0.6 is 0 Å². The second kappa shape index (κ2) is 5.19. The third-order valence-corrected chi connectivity index (χ3v) is 3.09. The quantitative estimate of drug-likeness (QED) is 0.796. The number of likely N-dealkylation sites (tertiary alicyclic amines) is 1. The summed E-state index contributed by atoms with van der Waals surface area (Å²) in [5.74, 6) is 0.875. The molecule has 1 heterocycles. The molecule has 1 aliphatic heterocycles. The number of hydrogen-bond donors (Lipinski definition) is 0. The summed E-state index contributed by atoms with van der Waals surface area (Å²) in [4.78, 5) is 13.6. The molecular formula is C13H17NO3. The minimum Gasteiger partial charge on any atom is -0.497 e. The number of ether oxygens (including phenoxy) is 2. The Morgan fingerprint density at radius 3 is 2.88 bits per heavy atom. The van der Waals surface area contributed by atoms with E-state index in [0.29, 0.717) is 0 Å². The molecule has 0 aliphatic carbocycles. The summed E-state index contributed by atoms with van der Waals surface area (Å²) in [6, 6.07) is 8.04. The van der Waals surface area contributed by atoms with Gasteiger partial charge in [0.2, 0.25) is 5.91 Å². The second-order valence-electron chi connectivity index (χ2n) is 4.10. The number of amides is 1. The molecule has 0 saturated carbocycles. The first kappa shape index (κ1) is 11.9. The highest BCUT2D eigenvalue weighted by Crippen LogP contribution is 2.34. The summed E-state index contributed by atoms with van der Waals surface area (Å²) >= 11 is 0. The van der Waals surface area contributed by atoms with E-state index in [0.717, 1.165) is 24.3 Å². The van der Waals surface area contributed by atoms with Crippen LogP contribution in [0.1, 0.15) is 18.0 Å². The second-order valence-corrected chi connectivity index (χ2v) is 4.10. The Bertz CT molecular complexity index is 405. The molecule has 1 amide bonds. The minimum atomic E-state index is 0.0477. The summed E-state index contributed by atoms with van der Waals surface area (Å²) in [5.41, 5.74) is 1.13. The largest absolute Gasteiger partial charge is 0.497 e. The number of rotatable bonds is 4. The Balaban J connectivity index is 2.09. The molecule has 1 unspecified atom stereocenters. The average Bonchev–Trinajstić information content (AvgIpc) is 2.28. The molecule has 0 aromatic heterocycles. The predicted molar refractivity (Wildman–Crippen MR) is 63.9 cm³/mol. The van der Waals surface area contributed by atoms with Gasteiger partial charge < -0.3 is 14.4 Å². The van der Waals surface area contributed by atoms with Gasteiger partial charge in [0.05, 0.1) is 13.2 Å². The van der Waals surface area contributed by atoms with Crippen LogP contribution in [-0.4, -0.2) is 38.2 Å². The van der Waals surface area contributed by atoms with Gasteiger partial charge in [0, 0.05) is 13.7 Å². The van der Waals surface area contributed by atoms with Crippen LogP contribution in [0.15, 0.2) is 24.3 Å². The Kier molecular flexibility index (Phi) is 3.64. The third-order valence-electron chi connectivity index (χ3n) is 3.09. The molecule has 0 bridgehead atoms. The number of methoxy groups -OCH3 is 2. The summed E-state index contributed by atoms with van der Waals surface area (Å²) < 4.78 is 10.1. The minimum absolute atomic E-state index is 0.0477. The van der Waals surface area contributed by atoms with Crippen molar-refractivity contribution in [3.05, 3.63) is 29.8 Å². The zero-order valence-electron chi connectivity index (χ0n) is 10.2. The topological polar surface area (TPSA) is 38.8 Å². The molecule has 92 valence electrons. The summed E-state index contributed by atoms with van der Waals surface area (Å²) in [6.45, 7) is 0.963. The van der Waals surface area contributed by atoms with Crippen molar-refractivity contribution < 1.29 is 14.3 Å². The zero-order valence-corrected chi connectivity index (χ0v) is 10.2. The van der Waals surface area contributed by atoms with Gasteiger partial charge in [0.25, 0.3) is 0 Å². The lowest BCUT2D eigenvalue weighted by Crippen LogP contribution is -2.46. The molecule has 4 heteroatoms. The maximum absolute atomic E-state index is 11.7. The zero-order chi connectivity index (χ0) is 12.3. The van der Waals surface area contributed by atoms with Crippen LogP contribution in [0.2, 0.25) is 0 Å². The smallest absolute Gasteiger partial charge is 0.249 e. The fourth-order valence-corrected chi connectivity index (χ4v) is 2.09. The van der Waals surface area contributed by atoms with Gasteiger partial charge in [-0.25, -0.2) is 0 Å². The Morgan fingerprint density at radius 2 is 2.29 bits per heavy atom. The van der Waals surface area contributed by atoms with E-state index in [4.69, 9.17) is 9.47 Å². The van der Waals surface area contributed by atoms with E-state index in [1.165, 1.54) is 7.11 Å². The van der Waals surface area contributed by atoms with Crippen LogP contribution < -0.4 is 4.74 Å². The molecular weight excluding hydrogens is 218 g/mol. The van der Waals surface area contributed by atoms with Crippen molar-refractivity contribution in [2.75, 3.05) is 27.4 Å². The maximum atomic E-state index is 11.7. The maximum Gasteiger partial charge on any atom is 0.249 e. The van der Waals surface area contributed by atoms with E-state index in [1.54, 1.807) is 7.11 Å². The highest BCUT2D eigenvalue weighted by Gasteiger charge is 2.33. The Labute approximate surface area is 101 Å². The highest BCUT2D eigenvalue weighted by atomic mass is 16.5. The van der Waals surface area contributed by atoms with Gasteiger partial charge in [-0.2, -0.15) is 0 Å². The van der Waals surface area contributed by atoms with Crippen LogP contribution in [0.5, 0.6) is 5.75 Å². The molecule has 1 fully saturated rings. The molecule has 0 N–H and O–H groups in total. The first-order valence-electron chi connectivity index (χ1n) is 5.68. The SMILES string of the molecule is COCC(=O)N1CCC1c1cccc(OC)c1. The molecule has 17 heavy (non-hydrogen) atoms. The molecule has 0 spiro atoms. The van der Waals surface area contributed by atoms with Crippen molar-refractivity contribution in [2.24, 2.45) is 0 Å². The molecule has 1 saturated heterocycles. The number of carbonyl (C=O) groups excluding carboxylic acids is 1. The van der Waals surface area contributed by atoms with Gasteiger partial charge in [-0.3, -0.25) is 4.79 Å². The van der Waals surface area contributed by atoms with E-state index in [9.17, 15) is 4.79 Å². The summed E-state index contributed by atoms with van der Waals surface area (Å²) in [7, 11) is 3.19. The number of nitrogens with zero attached hydrogens (tertiary/aromatic N) is 1. The summed E-state index contributed by atoms with van der Waals surface area (Å²) in [6.07, 6.45) is 1.00. The first-order valence-corrected chi connectivity index (χ1v) is 5.68. The standard InChI is InChI=1S/C13H17NO3/c1-16-9-13(15)14-7-6-12(14)10-4-3-5-11(8-10)17-2/h3-5,8,12H,6-7,9H2,1-2H3. The van der Waals surface area contributed by atoms with Crippen LogP contribution in [0.4, 0.5) is 0 Å². The van der Waals surface area contributed by atoms with E-state index in [2.05, 4.69) is 0 Å². The fourth-order valence-electron chi connectivity index (χ4n) is 2.09. The highest BCUT2D eigenvalue weighted by molar-refractivity contribution is 5.78. The van der Waals surface area contributed by atoms with Crippen molar-refractivity contribution in [2.45, 2.75) is 12.5 Å². The molecule has 2 rings (SSSR count). The molecule has 1 aromatic rings. The van der Waals surface area contributed by atoms with Crippen LogP contribution in [0, 0.1) is 0 Å². The molecule has 1 aromatic carbocycles. The lowest BCUT2D eigenvalue weighted by Gasteiger charge is -2.41. The fraction of sp³-hybridized carbons (Fsp3) is 0.462. The van der Waals surface area contributed by atoms with Crippen molar-refractivity contribution in [1.29, 1.82) is 0 Å². The van der Waals surface area contributed by atoms with Crippen LogP contribution in [-0.2, 0) is 9.53 Å². The van der Waals surface area contributed by atoms with Gasteiger partial charge in [-0.05, 0) is 24.1 Å². The lowest BCUT2D eigenvalue weighted by molar-refractivity contribution is -0.143. The predicted octanol–water partition coefficient (Wildman–Crippen LogP) is 1.62. The first-order chi connectivity index (χ1) is 8.26. The van der Waals surface area contributed by atoms with Gasteiger partial charge in [-0.1, -0.05) is 12.1 Å². The number of carbonyl (C=O) groups is 1. The van der Waals surface area contributed by atoms with Crippen molar-refractivity contribution in [1.82, 2.24) is 4.90 Å². The van der Waals surface area contributed by atoms with Gasteiger partial charge >= 0.3 is 0 Å². The van der Waals surface area contributed by atoms with E-state index in [1.807, 2.05) is 29.2 Å². The monoisotopic (exact) mass is 235 g/mol. The number of hydrogen-bond acceptors (Lipinski definition) is 3. The van der Waals surface area contributed by atoms with Gasteiger partial charge in [-0.15, -0.1) is 0 Å². The molecule has 0 radical (unpaired) electrons. The van der Waals surface area contributed by atoms with E-state index < -0.39 is 0 Å².